The number of nitrogens with zero attached hydrogens (tertiary/aromatic N) is 1. The van der Waals surface area contributed by atoms with Gasteiger partial charge in [0, 0.05) is 30.6 Å². The number of carbonyl (C=O) groups is 1. The highest BCUT2D eigenvalue weighted by Crippen LogP contribution is 2.26. The number of piperidine rings is 1. The lowest BCUT2D eigenvalue weighted by atomic mass is 9.98. The minimum absolute atomic E-state index is 0.130. The van der Waals surface area contributed by atoms with Gasteiger partial charge in [-0.15, -0.1) is 0 Å². The summed E-state index contributed by atoms with van der Waals surface area (Å²) in [5.41, 5.74) is 2.65. The summed E-state index contributed by atoms with van der Waals surface area (Å²) in [4.78, 5) is 15.8. The van der Waals surface area contributed by atoms with Crippen LogP contribution in [0.25, 0.3) is 10.9 Å². The van der Waals surface area contributed by atoms with E-state index in [-0.39, 0.29) is 5.91 Å². The van der Waals surface area contributed by atoms with Gasteiger partial charge in [-0.3, -0.25) is 9.69 Å². The summed E-state index contributed by atoms with van der Waals surface area (Å²) >= 11 is 0. The van der Waals surface area contributed by atoms with E-state index in [9.17, 15) is 18.0 Å². The quantitative estimate of drug-likeness (QED) is 0.795. The van der Waals surface area contributed by atoms with Crippen LogP contribution in [0.3, 0.4) is 0 Å². The molecule has 2 aromatic rings. The molecular weight excluding hydrogens is 359 g/mol. The maximum atomic E-state index is 12.4. The number of rotatable bonds is 6. The largest absolute Gasteiger partial charge is 0.401 e. The maximum Gasteiger partial charge on any atom is 0.401 e. The van der Waals surface area contributed by atoms with Gasteiger partial charge in [0.1, 0.15) is 0 Å². The lowest BCUT2D eigenvalue weighted by Crippen LogP contribution is -2.40. The first-order valence-electron chi connectivity index (χ1n) is 9.04. The van der Waals surface area contributed by atoms with Crippen molar-refractivity contribution in [2.24, 2.45) is 5.92 Å². The molecule has 1 aliphatic heterocycles. The normalized spacial score (nSPS) is 16.7. The minimum atomic E-state index is -4.13. The van der Waals surface area contributed by atoms with E-state index in [1.165, 1.54) is 11.8 Å². The Morgan fingerprint density at radius 1 is 1.33 bits per heavy atom. The van der Waals surface area contributed by atoms with Gasteiger partial charge in [0.2, 0.25) is 5.91 Å². The van der Waals surface area contributed by atoms with E-state index in [0.29, 0.717) is 32.2 Å². The molecule has 1 aliphatic rings. The minimum Gasteiger partial charge on any atom is -0.376 e. The third-order valence-electron chi connectivity index (χ3n) is 4.79. The Kier molecular flexibility index (Phi) is 6.06. The molecule has 0 spiro atoms. The molecule has 0 aliphatic carbocycles. The number of H-pyrrole nitrogens is 1. The molecule has 0 bridgehead atoms. The SMILES string of the molecule is CC(=O)Nc1c[nH]c2ccc(COCC3CCN(CC(F)(F)F)CC3)cc12. The lowest BCUT2D eigenvalue weighted by molar-refractivity contribution is -0.149. The van der Waals surface area contributed by atoms with Crippen molar-refractivity contribution in [2.45, 2.75) is 32.5 Å². The van der Waals surface area contributed by atoms with Gasteiger partial charge in [0.05, 0.1) is 18.8 Å². The van der Waals surface area contributed by atoms with Crippen molar-refractivity contribution in [3.8, 4) is 0 Å². The van der Waals surface area contributed by atoms with Crippen LogP contribution in [0.2, 0.25) is 0 Å². The van der Waals surface area contributed by atoms with Crippen LogP contribution in [0.5, 0.6) is 0 Å². The fourth-order valence-corrected chi connectivity index (χ4v) is 3.46. The molecule has 2 N–H and O–H groups in total. The molecule has 27 heavy (non-hydrogen) atoms. The highest BCUT2D eigenvalue weighted by molar-refractivity contribution is 6.01. The Hall–Kier alpha value is -2.06. The van der Waals surface area contributed by atoms with Crippen LogP contribution in [0.4, 0.5) is 18.9 Å². The predicted octanol–water partition coefficient (Wildman–Crippen LogP) is 3.92. The molecule has 0 radical (unpaired) electrons. The number of aromatic amines is 1. The van der Waals surface area contributed by atoms with Gasteiger partial charge in [0.25, 0.3) is 0 Å². The second-order valence-corrected chi connectivity index (χ2v) is 7.11. The first-order valence-corrected chi connectivity index (χ1v) is 9.04. The van der Waals surface area contributed by atoms with Gasteiger partial charge in [-0.25, -0.2) is 0 Å². The molecule has 3 rings (SSSR count). The predicted molar refractivity (Wildman–Crippen MR) is 97.5 cm³/mol. The molecule has 8 heteroatoms. The maximum absolute atomic E-state index is 12.4. The molecule has 0 saturated carbocycles. The fourth-order valence-electron chi connectivity index (χ4n) is 3.46. The van der Waals surface area contributed by atoms with Gasteiger partial charge in [-0.05, 0) is 49.5 Å². The van der Waals surface area contributed by atoms with Crippen LogP contribution in [0.15, 0.2) is 24.4 Å². The lowest BCUT2D eigenvalue weighted by Gasteiger charge is -2.32. The number of hydrogen-bond acceptors (Lipinski definition) is 3. The van der Waals surface area contributed by atoms with E-state index >= 15 is 0 Å². The molecule has 1 aromatic carbocycles. The van der Waals surface area contributed by atoms with Crippen molar-refractivity contribution in [2.75, 3.05) is 31.6 Å². The third kappa shape index (κ3) is 5.71. The molecular formula is C19H24F3N3O2. The topological polar surface area (TPSA) is 57.4 Å². The van der Waals surface area contributed by atoms with Crippen molar-refractivity contribution in [1.29, 1.82) is 0 Å². The van der Waals surface area contributed by atoms with Gasteiger partial charge in [-0.1, -0.05) is 6.07 Å². The first kappa shape index (κ1) is 19.7. The summed E-state index contributed by atoms with van der Waals surface area (Å²) in [6, 6.07) is 5.88. The number of ether oxygens (including phenoxy) is 1. The Morgan fingerprint density at radius 3 is 2.74 bits per heavy atom. The molecule has 2 heterocycles. The van der Waals surface area contributed by atoms with E-state index in [2.05, 4.69) is 10.3 Å². The number of likely N-dealkylation sites (tertiary alicyclic amines) is 1. The van der Waals surface area contributed by atoms with Crippen LogP contribution in [0.1, 0.15) is 25.3 Å². The number of nitrogens with one attached hydrogen (secondary N) is 2. The Balaban J connectivity index is 1.47. The number of benzene rings is 1. The number of carbonyl (C=O) groups excluding carboxylic acids is 1. The summed E-state index contributed by atoms with van der Waals surface area (Å²) in [5, 5.41) is 3.71. The molecule has 1 aromatic heterocycles. The number of amides is 1. The zero-order valence-electron chi connectivity index (χ0n) is 15.2. The van der Waals surface area contributed by atoms with Crippen LogP contribution < -0.4 is 5.32 Å². The zero-order chi connectivity index (χ0) is 19.4. The number of aromatic nitrogens is 1. The van der Waals surface area contributed by atoms with E-state index in [0.717, 1.165) is 35.0 Å². The number of fused-ring (bicyclic) bond motifs is 1. The van der Waals surface area contributed by atoms with E-state index < -0.39 is 12.7 Å². The average molecular weight is 383 g/mol. The third-order valence-corrected chi connectivity index (χ3v) is 4.79. The second-order valence-electron chi connectivity index (χ2n) is 7.11. The van der Waals surface area contributed by atoms with E-state index in [1.807, 2.05) is 18.2 Å². The second kappa shape index (κ2) is 8.31. The highest BCUT2D eigenvalue weighted by atomic mass is 19.4. The van der Waals surface area contributed by atoms with Crippen molar-refractivity contribution >= 4 is 22.5 Å². The first-order chi connectivity index (χ1) is 12.8. The smallest absolute Gasteiger partial charge is 0.376 e. The summed E-state index contributed by atoms with van der Waals surface area (Å²) < 4.78 is 43.1. The molecule has 0 atom stereocenters. The highest BCUT2D eigenvalue weighted by Gasteiger charge is 2.32. The number of anilines is 1. The van der Waals surface area contributed by atoms with Gasteiger partial charge in [-0.2, -0.15) is 13.2 Å². The summed E-state index contributed by atoms with van der Waals surface area (Å²) in [7, 11) is 0. The van der Waals surface area contributed by atoms with Crippen molar-refractivity contribution in [1.82, 2.24) is 9.88 Å². The van der Waals surface area contributed by atoms with Crippen molar-refractivity contribution < 1.29 is 22.7 Å². The van der Waals surface area contributed by atoms with Crippen LogP contribution >= 0.6 is 0 Å². The van der Waals surface area contributed by atoms with Crippen LogP contribution in [0, 0.1) is 5.92 Å². The molecule has 0 unspecified atom stereocenters. The molecule has 5 nitrogen and oxygen atoms in total. The zero-order valence-corrected chi connectivity index (χ0v) is 15.2. The Morgan fingerprint density at radius 2 is 2.07 bits per heavy atom. The summed E-state index contributed by atoms with van der Waals surface area (Å²) in [5.74, 6) is 0.162. The molecule has 148 valence electrons. The fraction of sp³-hybridized carbons (Fsp3) is 0.526. The van der Waals surface area contributed by atoms with E-state index in [4.69, 9.17) is 4.74 Å². The van der Waals surface area contributed by atoms with Crippen molar-refractivity contribution in [3.05, 3.63) is 30.0 Å². The average Bonchev–Trinajstić information content (AvgIpc) is 2.97. The number of alkyl halides is 3. The van der Waals surface area contributed by atoms with Gasteiger partial charge >= 0.3 is 6.18 Å². The van der Waals surface area contributed by atoms with Gasteiger partial charge in [0.15, 0.2) is 0 Å². The van der Waals surface area contributed by atoms with Crippen LogP contribution in [-0.2, 0) is 16.1 Å². The van der Waals surface area contributed by atoms with Gasteiger partial charge < -0.3 is 15.0 Å². The van der Waals surface area contributed by atoms with Crippen molar-refractivity contribution in [3.63, 3.8) is 0 Å². The standard InChI is InChI=1S/C19H24F3N3O2/c1-13(26)24-18-9-23-17-3-2-15(8-16(17)18)11-27-10-14-4-6-25(7-5-14)12-19(20,21)22/h2-3,8-9,14,23H,4-7,10-12H2,1H3,(H,24,26). The number of halogens is 3. The van der Waals surface area contributed by atoms with Crippen LogP contribution in [-0.4, -0.2) is 48.2 Å². The molecule has 1 saturated heterocycles. The molecule has 1 amide bonds. The summed E-state index contributed by atoms with van der Waals surface area (Å²) in [6.07, 6.45) is -0.930. The number of hydrogen-bond donors (Lipinski definition) is 2. The monoisotopic (exact) mass is 383 g/mol. The Labute approximate surface area is 155 Å². The molecule has 1 fully saturated rings. The summed E-state index contributed by atoms with van der Waals surface area (Å²) in [6.45, 7) is 2.54. The van der Waals surface area contributed by atoms with E-state index in [1.54, 1.807) is 6.20 Å². The Bertz CT molecular complexity index is 780.